The van der Waals surface area contributed by atoms with Crippen LogP contribution in [0.25, 0.3) is 0 Å². The van der Waals surface area contributed by atoms with Crippen LogP contribution in [0.5, 0.6) is 0 Å². The zero-order valence-electron chi connectivity index (χ0n) is 12.6. The second-order valence-corrected chi connectivity index (χ2v) is 5.84. The number of benzene rings is 1. The highest BCUT2D eigenvalue weighted by Crippen LogP contribution is 2.13. The van der Waals surface area contributed by atoms with Gasteiger partial charge >= 0.3 is 0 Å². The maximum atomic E-state index is 3.50. The summed E-state index contributed by atoms with van der Waals surface area (Å²) < 4.78 is 0. The summed E-state index contributed by atoms with van der Waals surface area (Å²) in [5, 5.41) is 3.50. The van der Waals surface area contributed by atoms with Crippen LogP contribution < -0.4 is 5.32 Å². The Morgan fingerprint density at radius 1 is 1.06 bits per heavy atom. The van der Waals surface area contributed by atoms with Crippen LogP contribution in [0.2, 0.25) is 0 Å². The predicted octanol–water partition coefficient (Wildman–Crippen LogP) is 4.26. The zero-order chi connectivity index (χ0) is 13.4. The van der Waals surface area contributed by atoms with E-state index in [4.69, 9.17) is 0 Å². The van der Waals surface area contributed by atoms with Crippen LogP contribution in [0.1, 0.15) is 49.8 Å². The Balaban J connectivity index is 2.11. The van der Waals surface area contributed by atoms with Crippen molar-refractivity contribution in [2.75, 3.05) is 13.1 Å². The Kier molecular flexibility index (Phi) is 7.04. The summed E-state index contributed by atoms with van der Waals surface area (Å²) in [6.45, 7) is 11.2. The van der Waals surface area contributed by atoms with Gasteiger partial charge in [0.05, 0.1) is 0 Å². The predicted molar refractivity (Wildman–Crippen MR) is 81.2 cm³/mol. The molecule has 0 aliphatic carbocycles. The minimum absolute atomic E-state index is 0.764. The highest BCUT2D eigenvalue weighted by Gasteiger charge is 1.99. The van der Waals surface area contributed by atoms with Crippen LogP contribution >= 0.6 is 0 Å². The van der Waals surface area contributed by atoms with E-state index in [2.05, 4.69) is 51.2 Å². The lowest BCUT2D eigenvalue weighted by Gasteiger charge is -2.08. The normalized spacial score (nSPS) is 11.2. The van der Waals surface area contributed by atoms with E-state index in [-0.39, 0.29) is 0 Å². The van der Waals surface area contributed by atoms with Crippen LogP contribution in [-0.4, -0.2) is 13.1 Å². The molecule has 0 aliphatic rings. The zero-order valence-corrected chi connectivity index (χ0v) is 12.6. The fraction of sp³-hybridized carbons (Fsp3) is 0.647. The Morgan fingerprint density at radius 3 is 2.50 bits per heavy atom. The minimum Gasteiger partial charge on any atom is -0.316 e. The molecular weight excluding hydrogens is 218 g/mol. The largest absolute Gasteiger partial charge is 0.316 e. The molecule has 18 heavy (non-hydrogen) atoms. The van der Waals surface area contributed by atoms with Crippen molar-refractivity contribution in [2.45, 2.75) is 53.4 Å². The van der Waals surface area contributed by atoms with Gasteiger partial charge in [-0.3, -0.25) is 0 Å². The lowest BCUT2D eigenvalue weighted by molar-refractivity contribution is 0.530. The summed E-state index contributed by atoms with van der Waals surface area (Å²) in [7, 11) is 0. The van der Waals surface area contributed by atoms with E-state index in [1.807, 2.05) is 0 Å². The van der Waals surface area contributed by atoms with Gasteiger partial charge in [0.25, 0.3) is 0 Å². The molecule has 0 aromatic heterocycles. The van der Waals surface area contributed by atoms with Crippen molar-refractivity contribution in [3.63, 3.8) is 0 Å². The SMILES string of the molecule is Cc1ccc(CCCCCNCC(C)C)c(C)c1. The summed E-state index contributed by atoms with van der Waals surface area (Å²) in [5.41, 5.74) is 4.35. The molecule has 0 radical (unpaired) electrons. The second kappa shape index (κ2) is 8.31. The fourth-order valence-corrected chi connectivity index (χ4v) is 2.26. The summed E-state index contributed by atoms with van der Waals surface area (Å²) in [6.07, 6.45) is 5.18. The third-order valence-electron chi connectivity index (χ3n) is 3.35. The summed E-state index contributed by atoms with van der Waals surface area (Å²) in [6, 6.07) is 6.81. The van der Waals surface area contributed by atoms with Crippen LogP contribution in [0, 0.1) is 19.8 Å². The van der Waals surface area contributed by atoms with Crippen molar-refractivity contribution in [1.29, 1.82) is 0 Å². The van der Waals surface area contributed by atoms with Gasteiger partial charge in [-0.1, -0.05) is 44.0 Å². The van der Waals surface area contributed by atoms with E-state index in [0.717, 1.165) is 12.5 Å². The van der Waals surface area contributed by atoms with E-state index >= 15 is 0 Å². The van der Waals surface area contributed by atoms with Gasteiger partial charge in [0.2, 0.25) is 0 Å². The first-order chi connectivity index (χ1) is 8.59. The quantitative estimate of drug-likeness (QED) is 0.677. The first kappa shape index (κ1) is 15.2. The van der Waals surface area contributed by atoms with Crippen LogP contribution in [-0.2, 0) is 6.42 Å². The van der Waals surface area contributed by atoms with E-state index in [1.165, 1.54) is 48.9 Å². The van der Waals surface area contributed by atoms with Crippen molar-refractivity contribution < 1.29 is 0 Å². The van der Waals surface area contributed by atoms with Gasteiger partial charge in [0.1, 0.15) is 0 Å². The van der Waals surface area contributed by atoms with Gasteiger partial charge in [0, 0.05) is 0 Å². The monoisotopic (exact) mass is 247 g/mol. The number of aryl methyl sites for hydroxylation is 3. The lowest BCUT2D eigenvalue weighted by atomic mass is 10.0. The van der Waals surface area contributed by atoms with Gasteiger partial charge in [-0.2, -0.15) is 0 Å². The standard InChI is InChI=1S/C17H29N/c1-14(2)13-18-11-7-5-6-8-17-10-9-15(3)12-16(17)4/h9-10,12,14,18H,5-8,11,13H2,1-4H3. The van der Waals surface area contributed by atoms with Crippen molar-refractivity contribution in [3.8, 4) is 0 Å². The van der Waals surface area contributed by atoms with Crippen LogP contribution in [0.3, 0.4) is 0 Å². The number of hydrogen-bond donors (Lipinski definition) is 1. The maximum Gasteiger partial charge on any atom is -0.00258 e. The summed E-state index contributed by atoms with van der Waals surface area (Å²) in [5.74, 6) is 0.764. The molecule has 0 fully saturated rings. The average molecular weight is 247 g/mol. The molecular formula is C17H29N. The molecule has 0 saturated carbocycles. The Labute approximate surface area is 113 Å². The third kappa shape index (κ3) is 6.20. The average Bonchev–Trinajstić information content (AvgIpc) is 2.30. The molecule has 1 heteroatoms. The van der Waals surface area contributed by atoms with Crippen molar-refractivity contribution in [3.05, 3.63) is 34.9 Å². The van der Waals surface area contributed by atoms with Crippen LogP contribution in [0.4, 0.5) is 0 Å². The molecule has 1 nitrogen and oxygen atoms in total. The summed E-state index contributed by atoms with van der Waals surface area (Å²) >= 11 is 0. The smallest absolute Gasteiger partial charge is 0.00258 e. The molecule has 1 rings (SSSR count). The van der Waals surface area contributed by atoms with Gasteiger partial charge in [-0.25, -0.2) is 0 Å². The van der Waals surface area contributed by atoms with E-state index in [9.17, 15) is 0 Å². The van der Waals surface area contributed by atoms with E-state index < -0.39 is 0 Å². The molecule has 0 aliphatic heterocycles. The first-order valence-corrected chi connectivity index (χ1v) is 7.36. The Bertz CT molecular complexity index is 341. The fourth-order valence-electron chi connectivity index (χ4n) is 2.26. The van der Waals surface area contributed by atoms with E-state index in [0.29, 0.717) is 0 Å². The molecule has 1 aromatic carbocycles. The molecule has 0 atom stereocenters. The van der Waals surface area contributed by atoms with Gasteiger partial charge in [-0.05, 0) is 63.2 Å². The topological polar surface area (TPSA) is 12.0 Å². The Hall–Kier alpha value is -0.820. The molecule has 0 amide bonds. The van der Waals surface area contributed by atoms with Crippen LogP contribution in [0.15, 0.2) is 18.2 Å². The molecule has 0 spiro atoms. The molecule has 0 bridgehead atoms. The number of rotatable bonds is 8. The third-order valence-corrected chi connectivity index (χ3v) is 3.35. The van der Waals surface area contributed by atoms with Gasteiger partial charge in [0.15, 0.2) is 0 Å². The van der Waals surface area contributed by atoms with Gasteiger partial charge in [-0.15, -0.1) is 0 Å². The van der Waals surface area contributed by atoms with Crippen molar-refractivity contribution >= 4 is 0 Å². The van der Waals surface area contributed by atoms with E-state index in [1.54, 1.807) is 0 Å². The molecule has 1 aromatic rings. The minimum atomic E-state index is 0.764. The summed E-state index contributed by atoms with van der Waals surface area (Å²) in [4.78, 5) is 0. The second-order valence-electron chi connectivity index (χ2n) is 5.84. The highest BCUT2D eigenvalue weighted by molar-refractivity contribution is 5.30. The lowest BCUT2D eigenvalue weighted by Crippen LogP contribution is -2.20. The number of nitrogens with one attached hydrogen (secondary N) is 1. The van der Waals surface area contributed by atoms with Crippen molar-refractivity contribution in [1.82, 2.24) is 5.32 Å². The van der Waals surface area contributed by atoms with Gasteiger partial charge < -0.3 is 5.32 Å². The molecule has 0 unspecified atom stereocenters. The maximum absolute atomic E-state index is 3.50. The number of unbranched alkanes of at least 4 members (excludes halogenated alkanes) is 2. The number of hydrogen-bond acceptors (Lipinski definition) is 1. The molecule has 102 valence electrons. The van der Waals surface area contributed by atoms with Crippen molar-refractivity contribution in [2.24, 2.45) is 5.92 Å². The highest BCUT2D eigenvalue weighted by atomic mass is 14.8. The molecule has 1 N–H and O–H groups in total. The molecule has 0 saturated heterocycles. The first-order valence-electron chi connectivity index (χ1n) is 7.36. The molecule has 0 heterocycles. The Morgan fingerprint density at radius 2 is 1.83 bits per heavy atom.